The Morgan fingerprint density at radius 3 is 2.59 bits per heavy atom. The van der Waals surface area contributed by atoms with Gasteiger partial charge in [0.2, 0.25) is 5.91 Å². The van der Waals surface area contributed by atoms with E-state index in [-0.39, 0.29) is 24.6 Å². The fraction of sp³-hybridized carbons (Fsp3) is 0.500. The third-order valence-corrected chi connectivity index (χ3v) is 4.93. The molecular formula is C16H20FNO3S. The molecule has 1 aromatic carbocycles. The summed E-state index contributed by atoms with van der Waals surface area (Å²) in [5, 5.41) is 11.9. The Hall–Kier alpha value is -1.56. The van der Waals surface area contributed by atoms with Gasteiger partial charge in [0, 0.05) is 17.1 Å². The largest absolute Gasteiger partial charge is 0.481 e. The lowest BCUT2D eigenvalue weighted by Gasteiger charge is -2.28. The maximum Gasteiger partial charge on any atom is 0.305 e. The van der Waals surface area contributed by atoms with Gasteiger partial charge in [0.05, 0.1) is 12.0 Å². The molecule has 0 radical (unpaired) electrons. The number of aliphatic carboxylic acids is 1. The van der Waals surface area contributed by atoms with Crippen LogP contribution in [0.5, 0.6) is 0 Å². The molecule has 1 aliphatic carbocycles. The van der Waals surface area contributed by atoms with E-state index in [0.717, 1.165) is 12.8 Å². The normalized spacial score (nSPS) is 16.4. The number of hydrogen-bond donors (Lipinski definition) is 2. The second-order valence-corrected chi connectivity index (χ2v) is 6.77. The van der Waals surface area contributed by atoms with Gasteiger partial charge in [-0.05, 0) is 25.0 Å². The van der Waals surface area contributed by atoms with E-state index in [0.29, 0.717) is 23.5 Å². The highest BCUT2D eigenvalue weighted by atomic mass is 32.2. The van der Waals surface area contributed by atoms with Crippen LogP contribution < -0.4 is 5.32 Å². The van der Waals surface area contributed by atoms with E-state index in [1.54, 1.807) is 18.2 Å². The quantitative estimate of drug-likeness (QED) is 0.756. The van der Waals surface area contributed by atoms with Gasteiger partial charge in [-0.3, -0.25) is 9.59 Å². The van der Waals surface area contributed by atoms with Crippen molar-refractivity contribution in [2.24, 2.45) is 0 Å². The zero-order valence-corrected chi connectivity index (χ0v) is 13.1. The molecule has 1 amide bonds. The Labute approximate surface area is 133 Å². The molecule has 4 nitrogen and oxygen atoms in total. The molecule has 1 aliphatic rings. The van der Waals surface area contributed by atoms with E-state index >= 15 is 0 Å². The fourth-order valence-corrected chi connectivity index (χ4v) is 3.75. The van der Waals surface area contributed by atoms with Crippen molar-refractivity contribution in [3.63, 3.8) is 0 Å². The van der Waals surface area contributed by atoms with E-state index in [1.807, 2.05) is 0 Å². The van der Waals surface area contributed by atoms with Crippen LogP contribution in [-0.4, -0.2) is 28.3 Å². The zero-order chi connectivity index (χ0) is 16.0. The highest BCUT2D eigenvalue weighted by molar-refractivity contribution is 7.99. The number of carboxylic acids is 1. The number of benzene rings is 1. The summed E-state index contributed by atoms with van der Waals surface area (Å²) in [4.78, 5) is 23.6. The lowest BCUT2D eigenvalue weighted by molar-refractivity contribution is -0.139. The monoisotopic (exact) mass is 325 g/mol. The van der Waals surface area contributed by atoms with Gasteiger partial charge in [-0.25, -0.2) is 4.39 Å². The Kier molecular flexibility index (Phi) is 5.83. The minimum absolute atomic E-state index is 0.0286. The Morgan fingerprint density at radius 1 is 1.27 bits per heavy atom. The molecule has 1 saturated carbocycles. The highest BCUT2D eigenvalue weighted by Crippen LogP contribution is 2.33. The first-order chi connectivity index (χ1) is 10.5. The van der Waals surface area contributed by atoms with E-state index in [1.165, 1.54) is 17.8 Å². The molecule has 0 heterocycles. The maximum atomic E-state index is 13.5. The molecule has 0 saturated heterocycles. The van der Waals surface area contributed by atoms with Gasteiger partial charge >= 0.3 is 5.97 Å². The van der Waals surface area contributed by atoms with Crippen LogP contribution >= 0.6 is 11.8 Å². The highest BCUT2D eigenvalue weighted by Gasteiger charge is 2.37. The predicted octanol–water partition coefficient (Wildman–Crippen LogP) is 3.21. The van der Waals surface area contributed by atoms with Crippen molar-refractivity contribution in [2.45, 2.75) is 49.0 Å². The van der Waals surface area contributed by atoms with Crippen LogP contribution in [-0.2, 0) is 9.59 Å². The van der Waals surface area contributed by atoms with Crippen LogP contribution in [0.3, 0.4) is 0 Å². The number of carboxylic acid groups (broad SMARTS) is 1. The molecule has 1 fully saturated rings. The number of hydrogen-bond acceptors (Lipinski definition) is 3. The van der Waals surface area contributed by atoms with Crippen molar-refractivity contribution >= 4 is 23.6 Å². The van der Waals surface area contributed by atoms with Crippen LogP contribution in [0, 0.1) is 5.82 Å². The molecule has 120 valence electrons. The number of carbonyl (C=O) groups excluding carboxylic acids is 1. The summed E-state index contributed by atoms with van der Waals surface area (Å²) in [6.07, 6.45) is 3.53. The van der Waals surface area contributed by atoms with Crippen LogP contribution in [0.4, 0.5) is 4.39 Å². The number of carbonyl (C=O) groups is 2. The Bertz CT molecular complexity index is 544. The number of thioether (sulfide) groups is 1. The summed E-state index contributed by atoms with van der Waals surface area (Å²) in [7, 11) is 0. The molecule has 22 heavy (non-hydrogen) atoms. The maximum absolute atomic E-state index is 13.5. The van der Waals surface area contributed by atoms with Gasteiger partial charge in [0.25, 0.3) is 0 Å². The van der Waals surface area contributed by atoms with Crippen molar-refractivity contribution in [1.82, 2.24) is 5.32 Å². The molecule has 0 bridgehead atoms. The van der Waals surface area contributed by atoms with Crippen LogP contribution in [0.1, 0.15) is 38.5 Å². The predicted molar refractivity (Wildman–Crippen MR) is 83.3 cm³/mol. The topological polar surface area (TPSA) is 66.4 Å². The molecular weight excluding hydrogens is 305 g/mol. The smallest absolute Gasteiger partial charge is 0.305 e. The molecule has 1 aromatic rings. The lowest BCUT2D eigenvalue weighted by Crippen LogP contribution is -2.47. The van der Waals surface area contributed by atoms with Gasteiger partial charge in [-0.1, -0.05) is 25.0 Å². The van der Waals surface area contributed by atoms with E-state index in [9.17, 15) is 14.0 Å². The van der Waals surface area contributed by atoms with Crippen LogP contribution in [0.25, 0.3) is 0 Å². The summed E-state index contributed by atoms with van der Waals surface area (Å²) in [5.74, 6) is -0.864. The summed E-state index contributed by atoms with van der Waals surface area (Å²) in [5.41, 5.74) is -0.592. The minimum atomic E-state index is -0.886. The average Bonchev–Trinajstić information content (AvgIpc) is 2.88. The van der Waals surface area contributed by atoms with Crippen LogP contribution in [0.15, 0.2) is 29.2 Å². The third-order valence-electron chi connectivity index (χ3n) is 3.88. The zero-order valence-electron chi connectivity index (χ0n) is 12.3. The standard InChI is InChI=1S/C16H20FNO3S/c17-12-5-1-2-6-13(12)22-10-7-14(19)18-16(11-15(20)21)8-3-4-9-16/h1-2,5-6H,3-4,7-11H2,(H,18,19)(H,20,21). The first-order valence-electron chi connectivity index (χ1n) is 7.41. The number of rotatable bonds is 7. The first-order valence-corrected chi connectivity index (χ1v) is 8.39. The second kappa shape index (κ2) is 7.63. The van der Waals surface area contributed by atoms with E-state index < -0.39 is 11.5 Å². The molecule has 2 rings (SSSR count). The molecule has 6 heteroatoms. The molecule has 2 N–H and O–H groups in total. The van der Waals surface area contributed by atoms with Gasteiger partial charge in [0.1, 0.15) is 5.82 Å². The molecule has 0 aromatic heterocycles. The minimum Gasteiger partial charge on any atom is -0.481 e. The fourth-order valence-electron chi connectivity index (χ4n) is 2.86. The van der Waals surface area contributed by atoms with Gasteiger partial charge < -0.3 is 10.4 Å². The van der Waals surface area contributed by atoms with Crippen molar-refractivity contribution < 1.29 is 19.1 Å². The third kappa shape index (κ3) is 4.73. The van der Waals surface area contributed by atoms with Crippen molar-refractivity contribution in [3.05, 3.63) is 30.1 Å². The summed E-state index contributed by atoms with van der Waals surface area (Å²) in [6, 6.07) is 6.46. The number of amides is 1. The number of nitrogens with one attached hydrogen (secondary N) is 1. The van der Waals surface area contributed by atoms with Gasteiger partial charge in [-0.2, -0.15) is 0 Å². The molecule has 0 atom stereocenters. The van der Waals surface area contributed by atoms with Gasteiger partial charge in [-0.15, -0.1) is 11.8 Å². The van der Waals surface area contributed by atoms with E-state index in [2.05, 4.69) is 5.32 Å². The first kappa shape index (κ1) is 16.8. The summed E-state index contributed by atoms with van der Waals surface area (Å²) in [6.45, 7) is 0. The summed E-state index contributed by atoms with van der Waals surface area (Å²) >= 11 is 1.29. The summed E-state index contributed by atoms with van der Waals surface area (Å²) < 4.78 is 13.5. The van der Waals surface area contributed by atoms with Crippen molar-refractivity contribution in [1.29, 1.82) is 0 Å². The molecule has 0 unspecified atom stereocenters. The Morgan fingerprint density at radius 2 is 1.95 bits per heavy atom. The SMILES string of the molecule is O=C(O)CC1(NC(=O)CCSc2ccccc2F)CCCC1. The lowest BCUT2D eigenvalue weighted by atomic mass is 9.93. The molecule has 0 spiro atoms. The van der Waals surface area contributed by atoms with Gasteiger partial charge in [0.15, 0.2) is 0 Å². The Balaban J connectivity index is 1.82. The second-order valence-electron chi connectivity index (χ2n) is 5.64. The van der Waals surface area contributed by atoms with Crippen molar-refractivity contribution in [2.75, 3.05) is 5.75 Å². The average molecular weight is 325 g/mol. The van der Waals surface area contributed by atoms with Crippen molar-refractivity contribution in [3.8, 4) is 0 Å². The van der Waals surface area contributed by atoms with E-state index in [4.69, 9.17) is 5.11 Å². The van der Waals surface area contributed by atoms with Crippen LogP contribution in [0.2, 0.25) is 0 Å². The number of halogens is 1. The molecule has 0 aliphatic heterocycles.